The van der Waals surface area contributed by atoms with E-state index >= 15 is 0 Å². The highest BCUT2D eigenvalue weighted by Crippen LogP contribution is 2.26. The lowest BCUT2D eigenvalue weighted by Crippen LogP contribution is -2.02. The van der Waals surface area contributed by atoms with E-state index < -0.39 is 5.76 Å². The van der Waals surface area contributed by atoms with Gasteiger partial charge in [0.25, 0.3) is 0 Å². The van der Waals surface area contributed by atoms with Gasteiger partial charge in [0.15, 0.2) is 11.4 Å². The highest BCUT2D eigenvalue weighted by Gasteiger charge is 2.09. The van der Waals surface area contributed by atoms with Crippen LogP contribution in [0.4, 0.5) is 23.1 Å². The molecule has 3 N–H and O–H groups in total. The number of nitrogens with one attached hydrogen (secondary N) is 3. The summed E-state index contributed by atoms with van der Waals surface area (Å²) in [6.45, 7) is 4.11. The Morgan fingerprint density at radius 1 is 1.04 bits per heavy atom. The summed E-state index contributed by atoms with van der Waals surface area (Å²) in [5, 5.41) is 6.68. The number of aryl methyl sites for hydroxylation is 2. The van der Waals surface area contributed by atoms with Crippen molar-refractivity contribution in [1.82, 2.24) is 15.0 Å². The smallest absolute Gasteiger partial charge is 0.408 e. The topological polar surface area (TPSA) is 95.8 Å². The number of H-pyrrole nitrogens is 1. The van der Waals surface area contributed by atoms with Gasteiger partial charge in [0.1, 0.15) is 5.02 Å². The second kappa shape index (κ2) is 6.77. The number of rotatable bonds is 4. The summed E-state index contributed by atoms with van der Waals surface area (Å²) in [7, 11) is 0. The van der Waals surface area contributed by atoms with Gasteiger partial charge in [-0.15, -0.1) is 0 Å². The Morgan fingerprint density at radius 2 is 1.81 bits per heavy atom. The number of anilines is 4. The predicted molar refractivity (Wildman–Crippen MR) is 106 cm³/mol. The molecule has 27 heavy (non-hydrogen) atoms. The molecular formula is C19H16ClN5O2. The van der Waals surface area contributed by atoms with Crippen molar-refractivity contribution in [1.29, 1.82) is 0 Å². The Bertz CT molecular complexity index is 1200. The minimum Gasteiger partial charge on any atom is -0.408 e. The van der Waals surface area contributed by atoms with Crippen LogP contribution in [-0.2, 0) is 0 Å². The zero-order valence-corrected chi connectivity index (χ0v) is 15.4. The Kier molecular flexibility index (Phi) is 4.29. The first kappa shape index (κ1) is 17.1. The van der Waals surface area contributed by atoms with Crippen LogP contribution in [0.5, 0.6) is 0 Å². The molecule has 8 heteroatoms. The van der Waals surface area contributed by atoms with E-state index in [-0.39, 0.29) is 0 Å². The lowest BCUT2D eigenvalue weighted by molar-refractivity contribution is 0.555. The maximum absolute atomic E-state index is 11.3. The third-order valence-corrected chi connectivity index (χ3v) is 4.47. The highest BCUT2D eigenvalue weighted by atomic mass is 35.5. The average molecular weight is 382 g/mol. The average Bonchev–Trinajstić information content (AvgIpc) is 3.00. The van der Waals surface area contributed by atoms with E-state index in [9.17, 15) is 4.79 Å². The molecule has 2 aromatic carbocycles. The number of hydrogen-bond donors (Lipinski definition) is 3. The van der Waals surface area contributed by atoms with Gasteiger partial charge in [0.2, 0.25) is 5.95 Å². The number of oxazole rings is 1. The Labute approximate surface area is 159 Å². The molecule has 0 atom stereocenters. The van der Waals surface area contributed by atoms with E-state index in [0.717, 1.165) is 5.69 Å². The molecule has 0 amide bonds. The number of fused-ring (bicyclic) bond motifs is 1. The number of halogens is 1. The fraction of sp³-hybridized carbons (Fsp3) is 0.105. The van der Waals surface area contributed by atoms with Crippen molar-refractivity contribution in [2.45, 2.75) is 13.8 Å². The maximum atomic E-state index is 11.3. The molecular weight excluding hydrogens is 366 g/mol. The van der Waals surface area contributed by atoms with Gasteiger partial charge in [0.05, 0.1) is 11.7 Å². The van der Waals surface area contributed by atoms with Crippen molar-refractivity contribution in [3.8, 4) is 0 Å². The summed E-state index contributed by atoms with van der Waals surface area (Å²) in [6.07, 6.45) is 1.53. The van der Waals surface area contributed by atoms with Crippen LogP contribution in [0.2, 0.25) is 5.02 Å². The Hall–Kier alpha value is -3.32. The standard InChI is InChI=1S/C19H16ClN5O2/c1-10-3-4-12(7-11(10)2)23-18-21-9-14(20)17(25-18)22-13-5-6-16-15(8-13)24-19(26)27-16/h3-9H,1-2H3,(H,24,26)(H2,21,22,23,25). The third-order valence-electron chi connectivity index (χ3n) is 4.19. The van der Waals surface area contributed by atoms with Crippen molar-refractivity contribution in [3.05, 3.63) is 69.3 Å². The Balaban J connectivity index is 1.61. The first-order valence-corrected chi connectivity index (χ1v) is 8.62. The molecule has 136 valence electrons. The number of aromatic amines is 1. The van der Waals surface area contributed by atoms with E-state index in [2.05, 4.69) is 32.5 Å². The second-order valence-electron chi connectivity index (χ2n) is 6.16. The summed E-state index contributed by atoms with van der Waals surface area (Å²) in [5.74, 6) is 0.369. The highest BCUT2D eigenvalue weighted by molar-refractivity contribution is 6.32. The molecule has 0 saturated carbocycles. The van der Waals surface area contributed by atoms with Crippen LogP contribution in [-0.4, -0.2) is 15.0 Å². The molecule has 0 aliphatic rings. The van der Waals surface area contributed by atoms with Gasteiger partial charge in [-0.25, -0.2) is 9.78 Å². The van der Waals surface area contributed by atoms with E-state index in [1.165, 1.54) is 17.3 Å². The molecule has 0 spiro atoms. The number of benzene rings is 2. The molecule has 0 aliphatic carbocycles. The van der Waals surface area contributed by atoms with Crippen LogP contribution in [0.15, 0.2) is 51.8 Å². The van der Waals surface area contributed by atoms with Gasteiger partial charge in [-0.3, -0.25) is 4.98 Å². The zero-order valence-electron chi connectivity index (χ0n) is 14.6. The molecule has 2 heterocycles. The Morgan fingerprint density at radius 3 is 2.63 bits per heavy atom. The fourth-order valence-electron chi connectivity index (χ4n) is 2.63. The SMILES string of the molecule is Cc1ccc(Nc2ncc(Cl)c(Nc3ccc4oc(=O)[nH]c4c3)n2)cc1C. The third kappa shape index (κ3) is 3.63. The van der Waals surface area contributed by atoms with Gasteiger partial charge in [-0.2, -0.15) is 4.98 Å². The number of hydrogen-bond acceptors (Lipinski definition) is 6. The van der Waals surface area contributed by atoms with Crippen LogP contribution in [0.3, 0.4) is 0 Å². The van der Waals surface area contributed by atoms with Crippen molar-refractivity contribution < 1.29 is 4.42 Å². The minimum atomic E-state index is -0.498. The summed E-state index contributed by atoms with van der Waals surface area (Å²) in [6, 6.07) is 11.2. The van der Waals surface area contributed by atoms with Crippen LogP contribution in [0.1, 0.15) is 11.1 Å². The lowest BCUT2D eigenvalue weighted by atomic mass is 10.1. The van der Waals surface area contributed by atoms with Crippen LogP contribution < -0.4 is 16.4 Å². The molecule has 0 saturated heterocycles. The fourth-order valence-corrected chi connectivity index (χ4v) is 2.77. The van der Waals surface area contributed by atoms with Gasteiger partial charge >= 0.3 is 5.76 Å². The largest absolute Gasteiger partial charge is 0.417 e. The van der Waals surface area contributed by atoms with Gasteiger partial charge < -0.3 is 15.1 Å². The zero-order chi connectivity index (χ0) is 19.0. The van der Waals surface area contributed by atoms with E-state index in [4.69, 9.17) is 16.0 Å². The van der Waals surface area contributed by atoms with Crippen LogP contribution >= 0.6 is 11.6 Å². The second-order valence-corrected chi connectivity index (χ2v) is 6.57. The first-order chi connectivity index (χ1) is 13.0. The molecule has 4 aromatic rings. The quantitative estimate of drug-likeness (QED) is 0.475. The normalized spacial score (nSPS) is 10.9. The summed E-state index contributed by atoms with van der Waals surface area (Å²) in [5.41, 5.74) is 5.06. The maximum Gasteiger partial charge on any atom is 0.417 e. The molecule has 0 fully saturated rings. The van der Waals surface area contributed by atoms with Crippen molar-refractivity contribution in [2.24, 2.45) is 0 Å². The predicted octanol–water partition coefficient (Wildman–Crippen LogP) is 4.67. The number of aromatic nitrogens is 3. The molecule has 0 bridgehead atoms. The molecule has 4 rings (SSSR count). The molecule has 2 aromatic heterocycles. The summed E-state index contributed by atoms with van der Waals surface area (Å²) < 4.78 is 5.00. The van der Waals surface area contributed by atoms with Crippen molar-refractivity contribution in [3.63, 3.8) is 0 Å². The van der Waals surface area contributed by atoms with Gasteiger partial charge in [-0.1, -0.05) is 17.7 Å². The summed E-state index contributed by atoms with van der Waals surface area (Å²) in [4.78, 5) is 22.6. The van der Waals surface area contributed by atoms with Gasteiger partial charge in [-0.05, 0) is 55.3 Å². The van der Waals surface area contributed by atoms with Gasteiger partial charge in [0, 0.05) is 11.4 Å². The summed E-state index contributed by atoms with van der Waals surface area (Å²) >= 11 is 6.23. The molecule has 0 aliphatic heterocycles. The molecule has 0 unspecified atom stereocenters. The lowest BCUT2D eigenvalue weighted by Gasteiger charge is -2.11. The molecule has 7 nitrogen and oxygen atoms in total. The first-order valence-electron chi connectivity index (χ1n) is 8.25. The van der Waals surface area contributed by atoms with E-state index in [1.807, 2.05) is 25.1 Å². The van der Waals surface area contributed by atoms with Crippen LogP contribution in [0.25, 0.3) is 11.1 Å². The van der Waals surface area contributed by atoms with E-state index in [1.54, 1.807) is 18.2 Å². The van der Waals surface area contributed by atoms with Crippen LogP contribution in [0, 0.1) is 13.8 Å². The van der Waals surface area contributed by atoms with Crippen molar-refractivity contribution in [2.75, 3.05) is 10.6 Å². The number of nitrogens with zero attached hydrogens (tertiary/aromatic N) is 2. The monoisotopic (exact) mass is 381 g/mol. The minimum absolute atomic E-state index is 0.376. The molecule has 0 radical (unpaired) electrons. The van der Waals surface area contributed by atoms with E-state index in [0.29, 0.717) is 33.6 Å². The van der Waals surface area contributed by atoms with Crippen molar-refractivity contribution >= 4 is 45.8 Å².